The lowest BCUT2D eigenvalue weighted by molar-refractivity contribution is -0.162. The van der Waals surface area contributed by atoms with E-state index < -0.39 is 10.5 Å². The maximum atomic E-state index is 11.0. The topological polar surface area (TPSA) is 63.1 Å². The van der Waals surface area contributed by atoms with Gasteiger partial charge in [0, 0.05) is 32.1 Å². The van der Waals surface area contributed by atoms with Gasteiger partial charge in [-0.3, -0.25) is 0 Å². The molecule has 1 unspecified atom stereocenters. The van der Waals surface area contributed by atoms with Crippen LogP contribution in [0.25, 0.3) is 0 Å². The summed E-state index contributed by atoms with van der Waals surface area (Å²) in [6, 6.07) is 0.566. The highest BCUT2D eigenvalue weighted by Gasteiger charge is 2.52. The summed E-state index contributed by atoms with van der Waals surface area (Å²) in [6.45, 7) is 3.53. The predicted molar refractivity (Wildman–Crippen MR) is 86.8 cm³/mol. The van der Waals surface area contributed by atoms with Crippen LogP contribution in [0.3, 0.4) is 0 Å². The minimum Gasteiger partial charge on any atom is -0.386 e. The molecule has 124 valence electrons. The maximum absolute atomic E-state index is 11.0. The van der Waals surface area contributed by atoms with Crippen LogP contribution in [0.2, 0.25) is 0 Å². The average molecular weight is 326 g/mol. The van der Waals surface area contributed by atoms with Gasteiger partial charge in [0.15, 0.2) is 5.17 Å². The lowest BCUT2D eigenvalue weighted by atomic mass is 9.88. The monoisotopic (exact) mass is 326 g/mol. The van der Waals surface area contributed by atoms with Crippen LogP contribution in [-0.2, 0) is 9.47 Å². The van der Waals surface area contributed by atoms with Gasteiger partial charge in [0.25, 0.3) is 0 Å². The molecule has 2 N–H and O–H groups in total. The number of nitrogens with zero attached hydrogens (tertiary/aromatic N) is 1. The molecule has 0 aromatic carbocycles. The van der Waals surface area contributed by atoms with Crippen LogP contribution in [0.5, 0.6) is 0 Å². The molecule has 0 aromatic rings. The van der Waals surface area contributed by atoms with Gasteiger partial charge in [-0.25, -0.2) is 4.99 Å². The van der Waals surface area contributed by atoms with Crippen LogP contribution in [0, 0.1) is 11.8 Å². The SMILES string of the molecule is CC1(C2(O)CCOCC2)OCN=C(N[C@H]2C[C@@H]3CC[C@H]2C3)S1. The third-order valence-corrected chi connectivity index (χ3v) is 7.38. The first-order valence-corrected chi connectivity index (χ1v) is 9.34. The van der Waals surface area contributed by atoms with E-state index >= 15 is 0 Å². The lowest BCUT2D eigenvalue weighted by Crippen LogP contribution is -2.57. The van der Waals surface area contributed by atoms with E-state index in [-0.39, 0.29) is 0 Å². The zero-order valence-electron chi connectivity index (χ0n) is 13.2. The van der Waals surface area contributed by atoms with Gasteiger partial charge in [-0.2, -0.15) is 0 Å². The Morgan fingerprint density at radius 1 is 1.27 bits per heavy atom. The standard InChI is InChI=1S/C16H26N2O3S/c1-15(16(19)4-6-20-7-5-16)21-10-17-14(22-15)18-13-9-11-2-3-12(13)8-11/h11-13,19H,2-10H2,1H3,(H,17,18)/t11-,12+,13+,15?/m1/s1. The molecule has 2 saturated carbocycles. The van der Waals surface area contributed by atoms with Gasteiger partial charge >= 0.3 is 0 Å². The summed E-state index contributed by atoms with van der Waals surface area (Å²) in [5.74, 6) is 1.73. The molecule has 4 rings (SSSR count). The second-order valence-corrected chi connectivity index (χ2v) is 8.72. The van der Waals surface area contributed by atoms with Gasteiger partial charge in [-0.15, -0.1) is 0 Å². The second kappa shape index (κ2) is 5.65. The van der Waals surface area contributed by atoms with E-state index in [2.05, 4.69) is 10.3 Å². The number of thioether (sulfide) groups is 1. The summed E-state index contributed by atoms with van der Waals surface area (Å²) in [5, 5.41) is 15.6. The van der Waals surface area contributed by atoms with Crippen molar-refractivity contribution in [2.45, 2.75) is 62.0 Å². The number of nitrogens with one attached hydrogen (secondary N) is 1. The molecular formula is C16H26N2O3S. The highest BCUT2D eigenvalue weighted by Crippen LogP contribution is 2.47. The Labute approximate surface area is 136 Å². The zero-order valence-corrected chi connectivity index (χ0v) is 14.0. The van der Waals surface area contributed by atoms with Crippen LogP contribution >= 0.6 is 11.8 Å². The van der Waals surface area contributed by atoms with Crippen molar-refractivity contribution in [3.8, 4) is 0 Å². The fourth-order valence-corrected chi connectivity index (χ4v) is 5.71. The number of rotatable bonds is 2. The van der Waals surface area contributed by atoms with E-state index in [1.54, 1.807) is 11.8 Å². The Bertz CT molecular complexity index is 466. The van der Waals surface area contributed by atoms with Crippen LogP contribution in [0.4, 0.5) is 0 Å². The fourth-order valence-electron chi connectivity index (χ4n) is 4.51. The predicted octanol–water partition coefficient (Wildman–Crippen LogP) is 2.10. The number of hydrogen-bond acceptors (Lipinski definition) is 6. The number of amidine groups is 1. The number of ether oxygens (including phenoxy) is 2. The first-order chi connectivity index (χ1) is 10.6. The van der Waals surface area contributed by atoms with Crippen LogP contribution in [0.1, 0.15) is 45.4 Å². The molecule has 0 spiro atoms. The number of aliphatic imine (C=N–C) groups is 1. The molecule has 22 heavy (non-hydrogen) atoms. The molecule has 4 aliphatic rings. The summed E-state index contributed by atoms with van der Waals surface area (Å²) in [5.41, 5.74) is -0.840. The summed E-state index contributed by atoms with van der Waals surface area (Å²) in [7, 11) is 0. The summed E-state index contributed by atoms with van der Waals surface area (Å²) in [6.07, 6.45) is 6.67. The Kier molecular flexibility index (Phi) is 3.92. The normalized spacial score (nSPS) is 43.9. The van der Waals surface area contributed by atoms with Crippen molar-refractivity contribution in [2.75, 3.05) is 19.9 Å². The molecule has 0 radical (unpaired) electrons. The highest BCUT2D eigenvalue weighted by molar-refractivity contribution is 8.14. The van der Waals surface area contributed by atoms with Gasteiger partial charge in [0.1, 0.15) is 17.3 Å². The van der Waals surface area contributed by atoms with Gasteiger partial charge in [-0.05, 0) is 38.0 Å². The van der Waals surface area contributed by atoms with E-state index in [1.807, 2.05) is 6.92 Å². The van der Waals surface area contributed by atoms with E-state index in [0.29, 0.717) is 38.8 Å². The third-order valence-electron chi connectivity index (χ3n) is 6.05. The van der Waals surface area contributed by atoms with Crippen LogP contribution in [-0.4, -0.2) is 46.8 Å². The van der Waals surface area contributed by atoms with Crippen molar-refractivity contribution < 1.29 is 14.6 Å². The van der Waals surface area contributed by atoms with Crippen molar-refractivity contribution in [3.63, 3.8) is 0 Å². The van der Waals surface area contributed by atoms with Gasteiger partial charge in [0.2, 0.25) is 0 Å². The van der Waals surface area contributed by atoms with Crippen molar-refractivity contribution in [2.24, 2.45) is 16.8 Å². The van der Waals surface area contributed by atoms with Crippen molar-refractivity contribution >= 4 is 16.9 Å². The van der Waals surface area contributed by atoms with Crippen molar-refractivity contribution in [1.29, 1.82) is 0 Å². The molecular weight excluding hydrogens is 300 g/mol. The molecule has 2 aliphatic carbocycles. The molecule has 5 nitrogen and oxygen atoms in total. The van der Waals surface area contributed by atoms with E-state index in [0.717, 1.165) is 17.0 Å². The molecule has 6 heteroatoms. The van der Waals surface area contributed by atoms with Crippen molar-refractivity contribution in [3.05, 3.63) is 0 Å². The minimum absolute atomic E-state index is 0.329. The second-order valence-electron chi connectivity index (χ2n) is 7.35. The number of hydrogen-bond donors (Lipinski definition) is 2. The lowest BCUT2D eigenvalue weighted by Gasteiger charge is -2.47. The molecule has 2 heterocycles. The highest BCUT2D eigenvalue weighted by atomic mass is 32.2. The van der Waals surface area contributed by atoms with E-state index in [9.17, 15) is 5.11 Å². The molecule has 0 aromatic heterocycles. The molecule has 1 saturated heterocycles. The smallest absolute Gasteiger partial charge is 0.161 e. The minimum atomic E-state index is -0.840. The molecule has 4 atom stereocenters. The molecule has 2 bridgehead atoms. The Morgan fingerprint density at radius 2 is 2.09 bits per heavy atom. The first-order valence-electron chi connectivity index (χ1n) is 8.52. The Hall–Kier alpha value is -0.300. The van der Waals surface area contributed by atoms with Gasteiger partial charge < -0.3 is 19.9 Å². The summed E-state index contributed by atoms with van der Waals surface area (Å²) in [4.78, 5) is 3.86. The molecule has 3 fully saturated rings. The van der Waals surface area contributed by atoms with Crippen LogP contribution in [0.15, 0.2) is 4.99 Å². The summed E-state index contributed by atoms with van der Waals surface area (Å²) < 4.78 is 11.3. The third kappa shape index (κ3) is 2.58. The quantitative estimate of drug-likeness (QED) is 0.814. The van der Waals surface area contributed by atoms with Gasteiger partial charge in [0.05, 0.1) is 0 Å². The Morgan fingerprint density at radius 3 is 2.77 bits per heavy atom. The molecule has 0 amide bonds. The first kappa shape index (κ1) is 15.2. The maximum Gasteiger partial charge on any atom is 0.161 e. The van der Waals surface area contributed by atoms with Crippen molar-refractivity contribution in [1.82, 2.24) is 5.32 Å². The number of aliphatic hydroxyl groups is 1. The largest absolute Gasteiger partial charge is 0.386 e. The zero-order chi connectivity index (χ0) is 15.2. The van der Waals surface area contributed by atoms with Crippen LogP contribution < -0.4 is 5.32 Å². The fraction of sp³-hybridized carbons (Fsp3) is 0.938. The average Bonchev–Trinajstić information content (AvgIpc) is 3.11. The van der Waals surface area contributed by atoms with E-state index in [1.165, 1.54) is 25.7 Å². The van der Waals surface area contributed by atoms with Gasteiger partial charge in [-0.1, -0.05) is 18.2 Å². The summed E-state index contributed by atoms with van der Waals surface area (Å²) >= 11 is 1.56. The molecule has 2 aliphatic heterocycles. The number of fused-ring (bicyclic) bond motifs is 2. The Balaban J connectivity index is 1.43. The van der Waals surface area contributed by atoms with E-state index in [4.69, 9.17) is 9.47 Å².